The third-order valence-corrected chi connectivity index (χ3v) is 3.63. The summed E-state index contributed by atoms with van der Waals surface area (Å²) >= 11 is 3.45. The van der Waals surface area contributed by atoms with Gasteiger partial charge in [-0.3, -0.25) is 4.98 Å². The monoisotopic (exact) mass is 318 g/mol. The molecule has 0 bridgehead atoms. The molecule has 1 N–H and O–H groups in total. The Balaban J connectivity index is 1.79. The van der Waals surface area contributed by atoms with Crippen LogP contribution in [-0.4, -0.2) is 15.0 Å². The molecule has 0 spiro atoms. The van der Waals surface area contributed by atoms with E-state index in [0.29, 0.717) is 5.92 Å². The van der Waals surface area contributed by atoms with Crippen LogP contribution in [0.4, 0.5) is 5.82 Å². The fourth-order valence-corrected chi connectivity index (χ4v) is 2.39. The fourth-order valence-electron chi connectivity index (χ4n) is 1.99. The lowest BCUT2D eigenvalue weighted by Crippen LogP contribution is -2.09. The maximum Gasteiger partial charge on any atom is 0.135 e. The average Bonchev–Trinajstić information content (AvgIpc) is 3.23. The molecule has 5 heteroatoms. The second-order valence-electron chi connectivity index (χ2n) is 4.85. The molecule has 2 aromatic heterocycles. The molecule has 1 unspecified atom stereocenters. The average molecular weight is 319 g/mol. The van der Waals surface area contributed by atoms with Crippen LogP contribution in [0, 0.1) is 0 Å². The van der Waals surface area contributed by atoms with E-state index in [1.54, 1.807) is 12.4 Å². The van der Waals surface area contributed by atoms with Gasteiger partial charge in [0.05, 0.1) is 6.04 Å². The quantitative estimate of drug-likeness (QED) is 0.873. The van der Waals surface area contributed by atoms with Crippen molar-refractivity contribution in [3.05, 3.63) is 46.6 Å². The summed E-state index contributed by atoms with van der Waals surface area (Å²) in [6, 6.07) is 6.13. The van der Waals surface area contributed by atoms with Crippen molar-refractivity contribution >= 4 is 21.7 Å². The number of hydrogen-bond donors (Lipinski definition) is 1. The second-order valence-corrected chi connectivity index (χ2v) is 5.67. The maximum absolute atomic E-state index is 4.59. The summed E-state index contributed by atoms with van der Waals surface area (Å²) in [6.45, 7) is 2.11. The van der Waals surface area contributed by atoms with Gasteiger partial charge in [-0.2, -0.15) is 0 Å². The molecule has 3 rings (SSSR count). The Bertz CT molecular complexity index is 569. The number of anilines is 1. The molecule has 1 aliphatic rings. The molecule has 98 valence electrons. The van der Waals surface area contributed by atoms with E-state index in [1.165, 1.54) is 18.4 Å². The minimum absolute atomic E-state index is 0.192. The van der Waals surface area contributed by atoms with Crippen molar-refractivity contribution in [3.8, 4) is 0 Å². The van der Waals surface area contributed by atoms with Gasteiger partial charge >= 0.3 is 0 Å². The van der Waals surface area contributed by atoms with E-state index >= 15 is 0 Å². The Hall–Kier alpha value is -1.49. The van der Waals surface area contributed by atoms with Gasteiger partial charge < -0.3 is 5.32 Å². The highest BCUT2D eigenvalue weighted by atomic mass is 79.9. The summed E-state index contributed by atoms with van der Waals surface area (Å²) in [5, 5.41) is 3.41. The normalized spacial score (nSPS) is 16.1. The number of halogens is 1. The summed E-state index contributed by atoms with van der Waals surface area (Å²) in [5.74, 6) is 2.36. The predicted molar refractivity (Wildman–Crippen MR) is 78.0 cm³/mol. The van der Waals surface area contributed by atoms with Gasteiger partial charge in [0.25, 0.3) is 0 Å². The molecule has 0 radical (unpaired) electrons. The van der Waals surface area contributed by atoms with Gasteiger partial charge in [-0.25, -0.2) is 9.97 Å². The Morgan fingerprint density at radius 1 is 1.26 bits per heavy atom. The van der Waals surface area contributed by atoms with Crippen LogP contribution in [0.5, 0.6) is 0 Å². The van der Waals surface area contributed by atoms with Crippen LogP contribution < -0.4 is 5.32 Å². The molecule has 0 amide bonds. The van der Waals surface area contributed by atoms with Crippen molar-refractivity contribution in [2.75, 3.05) is 5.32 Å². The molecule has 1 fully saturated rings. The third kappa shape index (κ3) is 3.10. The van der Waals surface area contributed by atoms with E-state index in [2.05, 4.69) is 43.1 Å². The minimum atomic E-state index is 0.192. The molecule has 0 saturated heterocycles. The molecular formula is C14H15BrN4. The van der Waals surface area contributed by atoms with Gasteiger partial charge in [0.1, 0.15) is 16.2 Å². The van der Waals surface area contributed by atoms with Gasteiger partial charge in [0.2, 0.25) is 0 Å². The van der Waals surface area contributed by atoms with Crippen LogP contribution in [0.2, 0.25) is 0 Å². The number of nitrogens with one attached hydrogen (secondary N) is 1. The first-order chi connectivity index (χ1) is 9.22. The van der Waals surface area contributed by atoms with E-state index in [4.69, 9.17) is 0 Å². The zero-order chi connectivity index (χ0) is 13.2. The van der Waals surface area contributed by atoms with E-state index in [9.17, 15) is 0 Å². The van der Waals surface area contributed by atoms with Crippen LogP contribution >= 0.6 is 15.9 Å². The second kappa shape index (κ2) is 5.25. The zero-order valence-corrected chi connectivity index (χ0v) is 12.3. The summed E-state index contributed by atoms with van der Waals surface area (Å²) in [6.07, 6.45) is 6.02. The maximum atomic E-state index is 4.59. The number of nitrogens with zero attached hydrogens (tertiary/aromatic N) is 3. The molecule has 2 heterocycles. The molecule has 19 heavy (non-hydrogen) atoms. The highest BCUT2D eigenvalue weighted by Crippen LogP contribution is 2.39. The van der Waals surface area contributed by atoms with Crippen molar-refractivity contribution in [1.29, 1.82) is 0 Å². The number of aromatic nitrogens is 3. The van der Waals surface area contributed by atoms with Crippen molar-refractivity contribution in [2.45, 2.75) is 31.7 Å². The Morgan fingerprint density at radius 2 is 2.00 bits per heavy atom. The summed E-state index contributed by atoms with van der Waals surface area (Å²) < 4.78 is 0.842. The summed E-state index contributed by atoms with van der Waals surface area (Å²) in [7, 11) is 0. The first-order valence-electron chi connectivity index (χ1n) is 6.43. The van der Waals surface area contributed by atoms with E-state index < -0.39 is 0 Å². The van der Waals surface area contributed by atoms with Crippen LogP contribution in [0.25, 0.3) is 0 Å². The van der Waals surface area contributed by atoms with Crippen molar-refractivity contribution < 1.29 is 0 Å². The van der Waals surface area contributed by atoms with Crippen molar-refractivity contribution in [1.82, 2.24) is 15.0 Å². The van der Waals surface area contributed by atoms with Gasteiger partial charge in [0.15, 0.2) is 0 Å². The molecule has 1 aliphatic carbocycles. The number of hydrogen-bond acceptors (Lipinski definition) is 4. The van der Waals surface area contributed by atoms with Crippen LogP contribution in [0.15, 0.2) is 35.2 Å². The molecule has 1 saturated carbocycles. The van der Waals surface area contributed by atoms with Crippen LogP contribution in [-0.2, 0) is 0 Å². The molecule has 1 atom stereocenters. The van der Waals surface area contributed by atoms with Crippen molar-refractivity contribution in [3.63, 3.8) is 0 Å². The lowest BCUT2D eigenvalue weighted by atomic mass is 10.1. The Labute approximate surface area is 120 Å². The fraction of sp³-hybridized carbons (Fsp3) is 0.357. The Morgan fingerprint density at radius 3 is 2.68 bits per heavy atom. The Kier molecular flexibility index (Phi) is 3.46. The first kappa shape index (κ1) is 12.5. The molecule has 2 aromatic rings. The molecule has 0 aromatic carbocycles. The SMILES string of the molecule is CC(Nc1cc(Br)nc(C2CC2)n1)c1ccncc1. The lowest BCUT2D eigenvalue weighted by molar-refractivity contribution is 0.848. The standard InChI is InChI=1S/C14H15BrN4/c1-9(10-4-6-16-7-5-10)17-13-8-12(15)18-14(19-13)11-2-3-11/h4-9,11H,2-3H2,1H3,(H,17,18,19). The molecule has 0 aliphatic heterocycles. The lowest BCUT2D eigenvalue weighted by Gasteiger charge is -2.15. The van der Waals surface area contributed by atoms with Gasteiger partial charge in [-0.1, -0.05) is 0 Å². The topological polar surface area (TPSA) is 50.7 Å². The van der Waals surface area contributed by atoms with Crippen LogP contribution in [0.3, 0.4) is 0 Å². The zero-order valence-electron chi connectivity index (χ0n) is 10.7. The largest absolute Gasteiger partial charge is 0.363 e. The minimum Gasteiger partial charge on any atom is -0.363 e. The van der Waals surface area contributed by atoms with Gasteiger partial charge in [-0.05, 0) is 53.4 Å². The van der Waals surface area contributed by atoms with Crippen LogP contribution in [0.1, 0.15) is 43.1 Å². The van der Waals surface area contributed by atoms with E-state index in [0.717, 1.165) is 16.2 Å². The first-order valence-corrected chi connectivity index (χ1v) is 7.22. The van der Waals surface area contributed by atoms with Crippen molar-refractivity contribution in [2.24, 2.45) is 0 Å². The van der Waals surface area contributed by atoms with E-state index in [-0.39, 0.29) is 6.04 Å². The van der Waals surface area contributed by atoms with Gasteiger partial charge in [-0.15, -0.1) is 0 Å². The molecular weight excluding hydrogens is 304 g/mol. The number of pyridine rings is 1. The smallest absolute Gasteiger partial charge is 0.135 e. The van der Waals surface area contributed by atoms with E-state index in [1.807, 2.05) is 18.2 Å². The summed E-state index contributed by atoms with van der Waals surface area (Å²) in [4.78, 5) is 13.1. The predicted octanol–water partition coefficient (Wildman–Crippen LogP) is 3.68. The highest BCUT2D eigenvalue weighted by Gasteiger charge is 2.27. The third-order valence-electron chi connectivity index (χ3n) is 3.23. The molecule has 4 nitrogen and oxygen atoms in total. The summed E-state index contributed by atoms with van der Waals surface area (Å²) in [5.41, 5.74) is 1.19. The highest BCUT2D eigenvalue weighted by molar-refractivity contribution is 9.10. The van der Waals surface area contributed by atoms with Gasteiger partial charge in [0, 0.05) is 24.4 Å². The number of rotatable bonds is 4.